The Morgan fingerprint density at radius 3 is 2.73 bits per heavy atom. The molecule has 0 aromatic carbocycles. The highest BCUT2D eigenvalue weighted by atomic mass is 16.1. The third kappa shape index (κ3) is 2.41. The van der Waals surface area contributed by atoms with E-state index in [0.717, 1.165) is 31.2 Å². The van der Waals surface area contributed by atoms with Gasteiger partial charge in [0, 0.05) is 24.9 Å². The molecule has 2 aliphatic rings. The van der Waals surface area contributed by atoms with Gasteiger partial charge < -0.3 is 0 Å². The van der Waals surface area contributed by atoms with Crippen molar-refractivity contribution in [1.29, 1.82) is 0 Å². The van der Waals surface area contributed by atoms with E-state index < -0.39 is 0 Å². The Bertz CT molecular complexity index is 237. The lowest BCUT2D eigenvalue weighted by atomic mass is 9.91. The largest absolute Gasteiger partial charge is 0.300 e. The molecule has 0 amide bonds. The van der Waals surface area contributed by atoms with Gasteiger partial charge in [-0.05, 0) is 38.1 Å². The summed E-state index contributed by atoms with van der Waals surface area (Å²) in [6.07, 6.45) is 6.68. The number of carbonyl (C=O) groups is 1. The number of rotatable bonds is 2. The molecule has 86 valence electrons. The molecule has 1 heterocycles. The van der Waals surface area contributed by atoms with Crippen molar-refractivity contribution in [3.05, 3.63) is 0 Å². The van der Waals surface area contributed by atoms with E-state index in [2.05, 4.69) is 18.7 Å². The van der Waals surface area contributed by atoms with Gasteiger partial charge in [0.25, 0.3) is 0 Å². The van der Waals surface area contributed by atoms with E-state index in [-0.39, 0.29) is 0 Å². The molecule has 1 aliphatic heterocycles. The zero-order chi connectivity index (χ0) is 10.8. The van der Waals surface area contributed by atoms with Crippen LogP contribution >= 0.6 is 0 Å². The van der Waals surface area contributed by atoms with Crippen molar-refractivity contribution in [2.24, 2.45) is 5.92 Å². The standard InChI is InChI=1S/C13H23NO/c1-10(2)13-7-4-8-14(13)11-5-3-6-12(15)9-11/h10-11,13H,3-9H2,1-2H3. The molecule has 0 bridgehead atoms. The average Bonchev–Trinajstić information content (AvgIpc) is 2.65. The molecule has 1 aliphatic carbocycles. The zero-order valence-corrected chi connectivity index (χ0v) is 10.0. The number of hydrogen-bond donors (Lipinski definition) is 0. The van der Waals surface area contributed by atoms with E-state index in [1.807, 2.05) is 0 Å². The highest BCUT2D eigenvalue weighted by Crippen LogP contribution is 2.31. The lowest BCUT2D eigenvalue weighted by Gasteiger charge is -2.36. The molecule has 2 atom stereocenters. The SMILES string of the molecule is CC(C)C1CCCN1C1CCCC(=O)C1. The average molecular weight is 209 g/mol. The highest BCUT2D eigenvalue weighted by Gasteiger charge is 2.34. The highest BCUT2D eigenvalue weighted by molar-refractivity contribution is 5.79. The van der Waals surface area contributed by atoms with Gasteiger partial charge in [-0.1, -0.05) is 13.8 Å². The number of likely N-dealkylation sites (tertiary alicyclic amines) is 1. The summed E-state index contributed by atoms with van der Waals surface area (Å²) in [6.45, 7) is 5.85. The molecular weight excluding hydrogens is 186 g/mol. The molecule has 2 unspecified atom stereocenters. The number of Topliss-reactive ketones (excluding diaryl/α,β-unsaturated/α-hetero) is 1. The predicted octanol–water partition coefficient (Wildman–Crippen LogP) is 2.62. The number of nitrogens with zero attached hydrogens (tertiary/aromatic N) is 1. The van der Waals surface area contributed by atoms with E-state index in [0.29, 0.717) is 11.8 Å². The number of ketones is 1. The van der Waals surface area contributed by atoms with E-state index in [4.69, 9.17) is 0 Å². The minimum atomic E-state index is 0.487. The van der Waals surface area contributed by atoms with E-state index in [1.165, 1.54) is 25.8 Å². The molecule has 1 saturated carbocycles. The predicted molar refractivity (Wildman–Crippen MR) is 61.8 cm³/mol. The van der Waals surface area contributed by atoms with Gasteiger partial charge in [0.1, 0.15) is 5.78 Å². The first kappa shape index (κ1) is 11.1. The summed E-state index contributed by atoms with van der Waals surface area (Å²) >= 11 is 0. The fourth-order valence-electron chi connectivity index (χ4n) is 3.27. The van der Waals surface area contributed by atoms with E-state index in [9.17, 15) is 4.79 Å². The van der Waals surface area contributed by atoms with Crippen LogP contribution < -0.4 is 0 Å². The summed E-state index contributed by atoms with van der Waals surface area (Å²) in [4.78, 5) is 14.1. The molecule has 0 aromatic heterocycles. The molecule has 15 heavy (non-hydrogen) atoms. The normalized spacial score (nSPS) is 33.9. The van der Waals surface area contributed by atoms with Gasteiger partial charge in [0.2, 0.25) is 0 Å². The van der Waals surface area contributed by atoms with Crippen molar-refractivity contribution in [2.45, 2.75) is 64.5 Å². The fraction of sp³-hybridized carbons (Fsp3) is 0.923. The molecule has 1 saturated heterocycles. The van der Waals surface area contributed by atoms with Crippen LogP contribution in [-0.2, 0) is 4.79 Å². The van der Waals surface area contributed by atoms with Gasteiger partial charge in [0.05, 0.1) is 0 Å². The minimum absolute atomic E-state index is 0.487. The van der Waals surface area contributed by atoms with Crippen molar-refractivity contribution < 1.29 is 4.79 Å². The lowest BCUT2D eigenvalue weighted by molar-refractivity contribution is -0.122. The molecule has 0 spiro atoms. The van der Waals surface area contributed by atoms with Crippen LogP contribution in [0.15, 0.2) is 0 Å². The molecular formula is C13H23NO. The van der Waals surface area contributed by atoms with E-state index >= 15 is 0 Å². The zero-order valence-electron chi connectivity index (χ0n) is 10.0. The van der Waals surface area contributed by atoms with Gasteiger partial charge in [0.15, 0.2) is 0 Å². The van der Waals surface area contributed by atoms with E-state index in [1.54, 1.807) is 0 Å². The maximum absolute atomic E-state index is 11.5. The van der Waals surface area contributed by atoms with Gasteiger partial charge >= 0.3 is 0 Å². The van der Waals surface area contributed by atoms with Crippen LogP contribution in [0.4, 0.5) is 0 Å². The van der Waals surface area contributed by atoms with Crippen molar-refractivity contribution in [3.63, 3.8) is 0 Å². The van der Waals surface area contributed by atoms with Crippen LogP contribution in [0, 0.1) is 5.92 Å². The first-order chi connectivity index (χ1) is 7.18. The lowest BCUT2D eigenvalue weighted by Crippen LogP contribution is -2.44. The summed E-state index contributed by atoms with van der Waals surface area (Å²) in [5.74, 6) is 1.23. The first-order valence-electron chi connectivity index (χ1n) is 6.46. The molecule has 0 N–H and O–H groups in total. The maximum atomic E-state index is 11.5. The Kier molecular flexibility index (Phi) is 3.45. The summed E-state index contributed by atoms with van der Waals surface area (Å²) in [7, 11) is 0. The van der Waals surface area contributed by atoms with Gasteiger partial charge in [-0.2, -0.15) is 0 Å². The smallest absolute Gasteiger partial charge is 0.134 e. The van der Waals surface area contributed by atoms with Gasteiger partial charge in [-0.3, -0.25) is 9.69 Å². The second kappa shape index (κ2) is 4.65. The van der Waals surface area contributed by atoms with Gasteiger partial charge in [-0.15, -0.1) is 0 Å². The Labute approximate surface area is 93.0 Å². The molecule has 2 rings (SSSR count). The number of carbonyl (C=O) groups excluding carboxylic acids is 1. The molecule has 2 heteroatoms. The molecule has 0 radical (unpaired) electrons. The quantitative estimate of drug-likeness (QED) is 0.697. The Morgan fingerprint density at radius 2 is 2.07 bits per heavy atom. The summed E-state index contributed by atoms with van der Waals surface area (Å²) < 4.78 is 0. The second-order valence-electron chi connectivity index (χ2n) is 5.48. The van der Waals surface area contributed by atoms with Crippen molar-refractivity contribution in [1.82, 2.24) is 4.90 Å². The topological polar surface area (TPSA) is 20.3 Å². The number of hydrogen-bond acceptors (Lipinski definition) is 2. The Hall–Kier alpha value is -0.370. The third-order valence-electron chi connectivity index (χ3n) is 4.04. The van der Waals surface area contributed by atoms with Crippen LogP contribution in [0.3, 0.4) is 0 Å². The molecule has 2 fully saturated rings. The minimum Gasteiger partial charge on any atom is -0.300 e. The Morgan fingerprint density at radius 1 is 1.27 bits per heavy atom. The molecule has 0 aromatic rings. The second-order valence-corrected chi connectivity index (χ2v) is 5.48. The molecule has 2 nitrogen and oxygen atoms in total. The van der Waals surface area contributed by atoms with Crippen LogP contribution in [0.25, 0.3) is 0 Å². The van der Waals surface area contributed by atoms with Crippen molar-refractivity contribution in [3.8, 4) is 0 Å². The van der Waals surface area contributed by atoms with Crippen LogP contribution in [0.1, 0.15) is 52.4 Å². The maximum Gasteiger partial charge on any atom is 0.134 e. The monoisotopic (exact) mass is 209 g/mol. The third-order valence-corrected chi connectivity index (χ3v) is 4.04. The first-order valence-corrected chi connectivity index (χ1v) is 6.46. The van der Waals surface area contributed by atoms with Crippen molar-refractivity contribution >= 4 is 5.78 Å². The Balaban J connectivity index is 1.99. The van der Waals surface area contributed by atoms with Gasteiger partial charge in [-0.25, -0.2) is 0 Å². The fourth-order valence-corrected chi connectivity index (χ4v) is 3.27. The van der Waals surface area contributed by atoms with Crippen molar-refractivity contribution in [2.75, 3.05) is 6.54 Å². The van der Waals surface area contributed by atoms with Crippen LogP contribution in [0.2, 0.25) is 0 Å². The van der Waals surface area contributed by atoms with Crippen LogP contribution in [0.5, 0.6) is 0 Å². The summed E-state index contributed by atoms with van der Waals surface area (Å²) in [5.41, 5.74) is 0. The summed E-state index contributed by atoms with van der Waals surface area (Å²) in [6, 6.07) is 1.31. The van der Waals surface area contributed by atoms with Crippen LogP contribution in [-0.4, -0.2) is 29.3 Å². The summed E-state index contributed by atoms with van der Waals surface area (Å²) in [5, 5.41) is 0.